The first-order chi connectivity index (χ1) is 5.15. The number of aromatic nitrogens is 3. The van der Waals surface area contributed by atoms with Crippen molar-refractivity contribution in [3.63, 3.8) is 0 Å². The minimum Gasteiger partial charge on any atom is -0.233 e. The molecule has 0 aliphatic rings. The van der Waals surface area contributed by atoms with Gasteiger partial charge >= 0.3 is 0 Å². The van der Waals surface area contributed by atoms with Gasteiger partial charge in [-0.15, -0.1) is 0 Å². The van der Waals surface area contributed by atoms with Gasteiger partial charge in [0, 0.05) is 0 Å². The van der Waals surface area contributed by atoms with Gasteiger partial charge in [-0.2, -0.15) is 10.4 Å². The Bertz CT molecular complexity index is 294. The van der Waals surface area contributed by atoms with Crippen LogP contribution in [0.15, 0.2) is 0 Å². The maximum absolute atomic E-state index is 8.58. The van der Waals surface area contributed by atoms with Crippen LogP contribution in [0, 0.1) is 25.2 Å². The molecule has 0 bridgehead atoms. The molecule has 1 aromatic heterocycles. The normalized spacial score (nSPS) is 12.5. The molecule has 58 valence electrons. The van der Waals surface area contributed by atoms with Crippen LogP contribution < -0.4 is 0 Å². The number of hydrogen-bond donors (Lipinski definition) is 0. The molecule has 0 aliphatic heterocycles. The van der Waals surface area contributed by atoms with E-state index >= 15 is 0 Å². The summed E-state index contributed by atoms with van der Waals surface area (Å²) in [6, 6.07) is 1.87. The van der Waals surface area contributed by atoms with E-state index in [2.05, 4.69) is 16.2 Å². The highest BCUT2D eigenvalue weighted by molar-refractivity contribution is 4.95. The molecule has 0 spiro atoms. The Hall–Kier alpha value is -1.37. The van der Waals surface area contributed by atoms with E-state index in [1.165, 1.54) is 0 Å². The third-order valence-corrected chi connectivity index (χ3v) is 1.46. The molecule has 0 radical (unpaired) electrons. The zero-order valence-corrected chi connectivity index (χ0v) is 6.87. The van der Waals surface area contributed by atoms with Crippen molar-refractivity contribution in [2.75, 3.05) is 0 Å². The molecular formula is C7H10N4. The maximum atomic E-state index is 8.58. The number of nitriles is 1. The lowest BCUT2D eigenvalue weighted by molar-refractivity contribution is 0.568. The van der Waals surface area contributed by atoms with Crippen molar-refractivity contribution in [3.05, 3.63) is 11.6 Å². The molecule has 0 aliphatic carbocycles. The van der Waals surface area contributed by atoms with Gasteiger partial charge in [-0.3, -0.25) is 0 Å². The van der Waals surface area contributed by atoms with Gasteiger partial charge in [0.05, 0.1) is 6.07 Å². The van der Waals surface area contributed by atoms with Crippen molar-refractivity contribution < 1.29 is 0 Å². The van der Waals surface area contributed by atoms with Crippen LogP contribution >= 0.6 is 0 Å². The molecule has 4 nitrogen and oxygen atoms in total. The van der Waals surface area contributed by atoms with E-state index in [1.807, 2.05) is 13.8 Å². The lowest BCUT2D eigenvalue weighted by Crippen LogP contribution is -2.06. The zero-order chi connectivity index (χ0) is 8.43. The predicted molar refractivity (Wildman–Crippen MR) is 39.8 cm³/mol. The summed E-state index contributed by atoms with van der Waals surface area (Å²) in [5.74, 6) is 1.50. The number of nitrogens with zero attached hydrogens (tertiary/aromatic N) is 4. The van der Waals surface area contributed by atoms with Crippen LogP contribution in [0.25, 0.3) is 0 Å². The summed E-state index contributed by atoms with van der Waals surface area (Å²) in [6.07, 6.45) is 0. The van der Waals surface area contributed by atoms with E-state index in [-0.39, 0.29) is 6.04 Å². The molecule has 0 saturated heterocycles. The monoisotopic (exact) mass is 150 g/mol. The summed E-state index contributed by atoms with van der Waals surface area (Å²) < 4.78 is 1.62. The van der Waals surface area contributed by atoms with Crippen LogP contribution in [-0.2, 0) is 0 Å². The van der Waals surface area contributed by atoms with Crippen molar-refractivity contribution in [3.8, 4) is 6.07 Å². The van der Waals surface area contributed by atoms with Crippen molar-refractivity contribution in [2.24, 2.45) is 0 Å². The lowest BCUT2D eigenvalue weighted by atomic mass is 10.4. The number of aryl methyl sites for hydroxylation is 2. The maximum Gasteiger partial charge on any atom is 0.147 e. The third kappa shape index (κ3) is 1.37. The topological polar surface area (TPSA) is 54.5 Å². The first-order valence-corrected chi connectivity index (χ1v) is 3.44. The van der Waals surface area contributed by atoms with E-state index < -0.39 is 0 Å². The van der Waals surface area contributed by atoms with Gasteiger partial charge < -0.3 is 0 Å². The molecule has 0 amide bonds. The highest BCUT2D eigenvalue weighted by atomic mass is 15.4. The van der Waals surface area contributed by atoms with Crippen molar-refractivity contribution in [1.29, 1.82) is 5.26 Å². The molecule has 0 saturated carbocycles. The smallest absolute Gasteiger partial charge is 0.147 e. The Labute approximate surface area is 65.5 Å². The summed E-state index contributed by atoms with van der Waals surface area (Å²) in [7, 11) is 0. The molecule has 1 unspecified atom stereocenters. The fourth-order valence-electron chi connectivity index (χ4n) is 0.958. The van der Waals surface area contributed by atoms with Crippen LogP contribution in [0.2, 0.25) is 0 Å². The lowest BCUT2D eigenvalue weighted by Gasteiger charge is -2.02. The molecule has 4 heteroatoms. The van der Waals surface area contributed by atoms with E-state index in [4.69, 9.17) is 5.26 Å². The third-order valence-electron chi connectivity index (χ3n) is 1.46. The molecule has 1 aromatic rings. The molecule has 1 atom stereocenters. The summed E-state index contributed by atoms with van der Waals surface area (Å²) in [6.45, 7) is 5.45. The minimum absolute atomic E-state index is 0.226. The number of hydrogen-bond acceptors (Lipinski definition) is 3. The Balaban J connectivity index is 3.05. The summed E-state index contributed by atoms with van der Waals surface area (Å²) in [5.41, 5.74) is 0. The molecule has 11 heavy (non-hydrogen) atoms. The van der Waals surface area contributed by atoms with Crippen molar-refractivity contribution >= 4 is 0 Å². The van der Waals surface area contributed by atoms with Gasteiger partial charge in [0.1, 0.15) is 17.7 Å². The second-order valence-corrected chi connectivity index (χ2v) is 2.46. The first kappa shape index (κ1) is 7.73. The van der Waals surface area contributed by atoms with E-state index in [0.717, 1.165) is 5.82 Å². The van der Waals surface area contributed by atoms with Crippen LogP contribution in [0.1, 0.15) is 24.6 Å². The summed E-state index contributed by atoms with van der Waals surface area (Å²) in [5, 5.41) is 12.6. The fraction of sp³-hybridized carbons (Fsp3) is 0.571. The molecule has 1 heterocycles. The zero-order valence-electron chi connectivity index (χ0n) is 6.87. The highest BCUT2D eigenvalue weighted by Gasteiger charge is 2.07. The van der Waals surface area contributed by atoms with Gasteiger partial charge in [-0.25, -0.2) is 9.67 Å². The largest absolute Gasteiger partial charge is 0.233 e. The minimum atomic E-state index is -0.226. The van der Waals surface area contributed by atoms with Gasteiger partial charge in [-0.05, 0) is 20.8 Å². The Kier molecular flexibility index (Phi) is 1.90. The van der Waals surface area contributed by atoms with Crippen molar-refractivity contribution in [2.45, 2.75) is 26.8 Å². The SMILES string of the molecule is Cc1nc(C)n(C(C)C#N)n1. The fourth-order valence-corrected chi connectivity index (χ4v) is 0.958. The second-order valence-electron chi connectivity index (χ2n) is 2.46. The molecular weight excluding hydrogens is 140 g/mol. The second kappa shape index (κ2) is 2.70. The van der Waals surface area contributed by atoms with Gasteiger partial charge in [0.25, 0.3) is 0 Å². The number of rotatable bonds is 1. The average Bonchev–Trinajstić information content (AvgIpc) is 2.28. The molecule has 0 fully saturated rings. The Morgan fingerprint density at radius 3 is 2.55 bits per heavy atom. The van der Waals surface area contributed by atoms with Gasteiger partial charge in [0.15, 0.2) is 0 Å². The van der Waals surface area contributed by atoms with Crippen LogP contribution in [0.5, 0.6) is 0 Å². The van der Waals surface area contributed by atoms with Crippen LogP contribution in [0.4, 0.5) is 0 Å². The van der Waals surface area contributed by atoms with E-state index in [0.29, 0.717) is 5.82 Å². The van der Waals surface area contributed by atoms with E-state index in [1.54, 1.807) is 11.6 Å². The molecule has 1 rings (SSSR count). The highest BCUT2D eigenvalue weighted by Crippen LogP contribution is 2.05. The quantitative estimate of drug-likeness (QED) is 0.599. The van der Waals surface area contributed by atoms with Crippen LogP contribution in [-0.4, -0.2) is 14.8 Å². The predicted octanol–water partition coefficient (Wildman–Crippen LogP) is 0.980. The Morgan fingerprint density at radius 1 is 1.55 bits per heavy atom. The summed E-state index contributed by atoms with van der Waals surface area (Å²) in [4.78, 5) is 4.08. The van der Waals surface area contributed by atoms with Gasteiger partial charge in [0.2, 0.25) is 0 Å². The van der Waals surface area contributed by atoms with Crippen molar-refractivity contribution in [1.82, 2.24) is 14.8 Å². The van der Waals surface area contributed by atoms with Gasteiger partial charge in [-0.1, -0.05) is 0 Å². The first-order valence-electron chi connectivity index (χ1n) is 3.44. The van der Waals surface area contributed by atoms with Crippen LogP contribution in [0.3, 0.4) is 0 Å². The standard InChI is InChI=1S/C7H10N4/c1-5(4-8)11-7(3)9-6(2)10-11/h5H,1-3H3. The van der Waals surface area contributed by atoms with E-state index in [9.17, 15) is 0 Å². The molecule has 0 N–H and O–H groups in total. The average molecular weight is 150 g/mol. The molecule has 0 aromatic carbocycles. The Morgan fingerprint density at radius 2 is 2.18 bits per heavy atom. The summed E-state index contributed by atoms with van der Waals surface area (Å²) >= 11 is 0.